The molecule has 1 heterocycles. The Labute approximate surface area is 73.8 Å². The maximum absolute atomic E-state index is 13.2. The van der Waals surface area contributed by atoms with Crippen LogP contribution in [0.5, 0.6) is 0 Å². The summed E-state index contributed by atoms with van der Waals surface area (Å²) in [5.74, 6) is -0.274. The van der Waals surface area contributed by atoms with Crippen LogP contribution >= 0.6 is 11.6 Å². The molecular formula is C7H7ClFN3. The molecule has 0 amide bonds. The van der Waals surface area contributed by atoms with E-state index in [2.05, 4.69) is 9.97 Å². The first-order valence-electron chi connectivity index (χ1n) is 3.67. The summed E-state index contributed by atoms with van der Waals surface area (Å²) < 4.78 is 13.2. The van der Waals surface area contributed by atoms with Crippen LogP contribution in [0.2, 0.25) is 5.15 Å². The van der Waals surface area contributed by atoms with E-state index in [9.17, 15) is 4.39 Å². The van der Waals surface area contributed by atoms with E-state index in [0.717, 1.165) is 12.8 Å². The van der Waals surface area contributed by atoms with Crippen molar-refractivity contribution in [3.05, 3.63) is 16.7 Å². The first-order valence-corrected chi connectivity index (χ1v) is 4.04. The van der Waals surface area contributed by atoms with Gasteiger partial charge in [-0.05, 0) is 12.8 Å². The van der Waals surface area contributed by atoms with Crippen molar-refractivity contribution < 1.29 is 4.39 Å². The average molecular weight is 188 g/mol. The molecule has 5 heteroatoms. The molecule has 0 saturated heterocycles. The fraction of sp³-hybridized carbons (Fsp3) is 0.429. The lowest BCUT2D eigenvalue weighted by atomic mass is 10.3. The number of nitrogen functional groups attached to an aromatic ring is 1. The van der Waals surface area contributed by atoms with Crippen LogP contribution in [0.1, 0.15) is 24.5 Å². The molecule has 64 valence electrons. The van der Waals surface area contributed by atoms with Crippen molar-refractivity contribution in [2.24, 2.45) is 0 Å². The maximum Gasteiger partial charge on any atom is 0.221 e. The molecule has 0 atom stereocenters. The molecular weight excluding hydrogens is 181 g/mol. The van der Waals surface area contributed by atoms with Crippen LogP contribution in [0.25, 0.3) is 0 Å². The number of nitrogens with zero attached hydrogens (tertiary/aromatic N) is 2. The Morgan fingerprint density at radius 2 is 2.08 bits per heavy atom. The summed E-state index contributed by atoms with van der Waals surface area (Å²) in [5, 5.41) is -0.176. The minimum absolute atomic E-state index is 0.0447. The number of nitrogens with two attached hydrogens (primary N) is 1. The molecule has 0 spiro atoms. The van der Waals surface area contributed by atoms with Gasteiger partial charge in [-0.1, -0.05) is 11.6 Å². The second kappa shape index (κ2) is 2.55. The zero-order valence-electron chi connectivity index (χ0n) is 6.22. The Kier molecular flexibility index (Phi) is 1.65. The van der Waals surface area contributed by atoms with Gasteiger partial charge in [-0.3, -0.25) is 0 Å². The van der Waals surface area contributed by atoms with Crippen molar-refractivity contribution in [1.29, 1.82) is 0 Å². The quantitative estimate of drug-likeness (QED) is 0.682. The van der Waals surface area contributed by atoms with Gasteiger partial charge in [0.15, 0.2) is 11.0 Å². The largest absolute Gasteiger partial charge is 0.368 e. The normalized spacial score (nSPS) is 16.5. The van der Waals surface area contributed by atoms with Crippen LogP contribution in [0.15, 0.2) is 0 Å². The molecule has 1 aromatic heterocycles. The fourth-order valence-corrected chi connectivity index (χ4v) is 1.26. The van der Waals surface area contributed by atoms with Crippen LogP contribution in [0.4, 0.5) is 10.3 Å². The predicted octanol–water partition coefficient (Wildman–Crippen LogP) is 1.73. The highest BCUT2D eigenvalue weighted by Crippen LogP contribution is 2.41. The summed E-state index contributed by atoms with van der Waals surface area (Å²) in [7, 11) is 0. The standard InChI is InChI=1S/C7H7ClFN3/c8-6-4(9)5(3-1-2-3)11-7(10)12-6/h3H,1-2H2,(H2,10,11,12). The molecule has 1 aliphatic carbocycles. The molecule has 1 aromatic rings. The van der Waals surface area contributed by atoms with Crippen LogP contribution in [-0.4, -0.2) is 9.97 Å². The van der Waals surface area contributed by atoms with Gasteiger partial charge in [0, 0.05) is 5.92 Å². The molecule has 0 aromatic carbocycles. The highest BCUT2D eigenvalue weighted by Gasteiger charge is 2.29. The molecule has 0 radical (unpaired) electrons. The smallest absolute Gasteiger partial charge is 0.221 e. The highest BCUT2D eigenvalue weighted by molar-refractivity contribution is 6.29. The summed E-state index contributed by atoms with van der Waals surface area (Å²) in [6, 6.07) is 0. The SMILES string of the molecule is Nc1nc(Cl)c(F)c(C2CC2)n1. The molecule has 0 bridgehead atoms. The van der Waals surface area contributed by atoms with E-state index in [4.69, 9.17) is 17.3 Å². The van der Waals surface area contributed by atoms with Gasteiger partial charge in [-0.2, -0.15) is 4.98 Å². The number of rotatable bonds is 1. The second-order valence-corrected chi connectivity index (χ2v) is 3.20. The average Bonchev–Trinajstić information content (AvgIpc) is 2.79. The second-order valence-electron chi connectivity index (χ2n) is 2.85. The molecule has 3 nitrogen and oxygen atoms in total. The first-order chi connectivity index (χ1) is 5.68. The highest BCUT2D eigenvalue weighted by atomic mass is 35.5. The Balaban J connectivity index is 2.51. The molecule has 1 aliphatic rings. The molecule has 2 rings (SSSR count). The summed E-state index contributed by atoms with van der Waals surface area (Å²) in [5.41, 5.74) is 5.69. The Morgan fingerprint density at radius 3 is 2.67 bits per heavy atom. The number of hydrogen-bond donors (Lipinski definition) is 1. The van der Waals surface area contributed by atoms with E-state index in [1.54, 1.807) is 0 Å². The fourth-order valence-electron chi connectivity index (χ4n) is 1.08. The Bertz CT molecular complexity index is 325. The minimum atomic E-state index is -0.520. The van der Waals surface area contributed by atoms with Crippen LogP contribution < -0.4 is 5.73 Å². The Hall–Kier alpha value is -0.900. The first kappa shape index (κ1) is 7.73. The molecule has 2 N–H and O–H groups in total. The summed E-state index contributed by atoms with van der Waals surface area (Å²) in [4.78, 5) is 7.30. The van der Waals surface area contributed by atoms with Gasteiger partial charge in [0.1, 0.15) is 0 Å². The van der Waals surface area contributed by atoms with Crippen molar-refractivity contribution >= 4 is 17.5 Å². The number of aromatic nitrogens is 2. The van der Waals surface area contributed by atoms with E-state index in [-0.39, 0.29) is 17.0 Å². The van der Waals surface area contributed by atoms with E-state index >= 15 is 0 Å². The Morgan fingerprint density at radius 1 is 1.42 bits per heavy atom. The molecule has 0 aliphatic heterocycles. The molecule has 0 unspecified atom stereocenters. The lowest BCUT2D eigenvalue weighted by molar-refractivity contribution is 0.593. The van der Waals surface area contributed by atoms with Crippen molar-refractivity contribution in [1.82, 2.24) is 9.97 Å². The van der Waals surface area contributed by atoms with Crippen molar-refractivity contribution in [2.45, 2.75) is 18.8 Å². The predicted molar refractivity (Wildman–Crippen MR) is 43.4 cm³/mol. The molecule has 12 heavy (non-hydrogen) atoms. The van der Waals surface area contributed by atoms with Crippen molar-refractivity contribution in [3.63, 3.8) is 0 Å². The van der Waals surface area contributed by atoms with Gasteiger partial charge in [0.05, 0.1) is 5.69 Å². The van der Waals surface area contributed by atoms with Gasteiger partial charge >= 0.3 is 0 Å². The third kappa shape index (κ3) is 1.22. The van der Waals surface area contributed by atoms with Crippen LogP contribution in [0, 0.1) is 5.82 Å². The number of anilines is 1. The summed E-state index contributed by atoms with van der Waals surface area (Å²) >= 11 is 5.48. The lowest BCUT2D eigenvalue weighted by Crippen LogP contribution is -2.02. The minimum Gasteiger partial charge on any atom is -0.368 e. The van der Waals surface area contributed by atoms with Crippen molar-refractivity contribution in [3.8, 4) is 0 Å². The zero-order valence-corrected chi connectivity index (χ0v) is 6.98. The van der Waals surface area contributed by atoms with Gasteiger partial charge < -0.3 is 5.73 Å². The van der Waals surface area contributed by atoms with Gasteiger partial charge in [-0.25, -0.2) is 9.37 Å². The van der Waals surface area contributed by atoms with E-state index in [1.165, 1.54) is 0 Å². The van der Waals surface area contributed by atoms with Gasteiger partial charge in [0.25, 0.3) is 0 Å². The monoisotopic (exact) mass is 187 g/mol. The van der Waals surface area contributed by atoms with E-state index in [1.807, 2.05) is 0 Å². The topological polar surface area (TPSA) is 51.8 Å². The summed E-state index contributed by atoms with van der Waals surface area (Å²) in [6.45, 7) is 0. The number of halogens is 2. The number of hydrogen-bond acceptors (Lipinski definition) is 3. The van der Waals surface area contributed by atoms with Crippen LogP contribution in [0.3, 0.4) is 0 Å². The van der Waals surface area contributed by atoms with Gasteiger partial charge in [0.2, 0.25) is 5.95 Å². The van der Waals surface area contributed by atoms with E-state index in [0.29, 0.717) is 5.69 Å². The lowest BCUT2D eigenvalue weighted by Gasteiger charge is -2.01. The van der Waals surface area contributed by atoms with Crippen LogP contribution in [-0.2, 0) is 0 Å². The molecule has 1 saturated carbocycles. The van der Waals surface area contributed by atoms with E-state index < -0.39 is 5.82 Å². The maximum atomic E-state index is 13.2. The van der Waals surface area contributed by atoms with Gasteiger partial charge in [-0.15, -0.1) is 0 Å². The van der Waals surface area contributed by atoms with Crippen molar-refractivity contribution in [2.75, 3.05) is 5.73 Å². The molecule has 1 fully saturated rings. The third-order valence-electron chi connectivity index (χ3n) is 1.82. The third-order valence-corrected chi connectivity index (χ3v) is 2.07. The zero-order chi connectivity index (χ0) is 8.72. The summed E-state index contributed by atoms with van der Waals surface area (Å²) in [6.07, 6.45) is 1.92.